The van der Waals surface area contributed by atoms with Crippen LogP contribution in [0.2, 0.25) is 0 Å². The molecule has 0 aliphatic rings. The highest BCUT2D eigenvalue weighted by Gasteiger charge is 2.22. The Kier molecular flexibility index (Phi) is 8.66. The molecule has 90 valence electrons. The van der Waals surface area contributed by atoms with Crippen LogP contribution in [0.5, 0.6) is 0 Å². The van der Waals surface area contributed by atoms with Crippen molar-refractivity contribution < 1.29 is 5.11 Å². The molecule has 0 aromatic rings. The molecule has 1 nitrogen and oxygen atoms in total. The van der Waals surface area contributed by atoms with E-state index in [-0.39, 0.29) is 0 Å². The quantitative estimate of drug-likeness (QED) is 0.374. The predicted molar refractivity (Wildman–Crippen MR) is 71.1 cm³/mol. The third kappa shape index (κ3) is 7.31. The van der Waals surface area contributed by atoms with E-state index in [2.05, 4.69) is 31.9 Å². The summed E-state index contributed by atoms with van der Waals surface area (Å²) in [5.41, 5.74) is -0.657. The predicted octanol–water partition coefficient (Wildman–Crippen LogP) is 3.84. The van der Waals surface area contributed by atoms with Gasteiger partial charge in [-0.2, -0.15) is 0 Å². The zero-order chi connectivity index (χ0) is 12.3. The van der Waals surface area contributed by atoms with Gasteiger partial charge in [0.15, 0.2) is 0 Å². The molecule has 16 heavy (non-hydrogen) atoms. The van der Waals surface area contributed by atoms with Crippen molar-refractivity contribution in [3.8, 4) is 11.8 Å². The number of rotatable bonds is 8. The van der Waals surface area contributed by atoms with Crippen molar-refractivity contribution in [2.45, 2.75) is 57.5 Å². The van der Waals surface area contributed by atoms with E-state index in [1.165, 1.54) is 0 Å². The molecular weight excluding hydrogens is 196 g/mol. The minimum Gasteiger partial charge on any atom is -0.389 e. The third-order valence-electron chi connectivity index (χ3n) is 2.49. The summed E-state index contributed by atoms with van der Waals surface area (Å²) in [5, 5.41) is 10.2. The Hall–Kier alpha value is -1.00. The van der Waals surface area contributed by atoms with Crippen LogP contribution in [0.15, 0.2) is 25.3 Å². The van der Waals surface area contributed by atoms with E-state index in [1.807, 2.05) is 0 Å². The standard InChI is InChI=1S/C15H24O/c1-4-7-8-9-10-11-14-15(16,12-5-2)13-6-3/h5-6,16H,2-4,7,10-14H2,1H3. The molecule has 0 bridgehead atoms. The summed E-state index contributed by atoms with van der Waals surface area (Å²) in [6.07, 6.45) is 9.46. The van der Waals surface area contributed by atoms with Crippen LogP contribution in [0.1, 0.15) is 51.9 Å². The van der Waals surface area contributed by atoms with E-state index < -0.39 is 5.60 Å². The molecule has 0 radical (unpaired) electrons. The van der Waals surface area contributed by atoms with Crippen LogP contribution in [-0.2, 0) is 0 Å². The Balaban J connectivity index is 3.89. The van der Waals surface area contributed by atoms with Gasteiger partial charge in [-0.1, -0.05) is 19.1 Å². The molecule has 0 amide bonds. The Bertz CT molecular complexity index is 244. The van der Waals surface area contributed by atoms with Crippen molar-refractivity contribution in [3.05, 3.63) is 25.3 Å². The number of aliphatic hydroxyl groups is 1. The fourth-order valence-electron chi connectivity index (χ4n) is 1.63. The maximum Gasteiger partial charge on any atom is 0.0716 e. The summed E-state index contributed by atoms with van der Waals surface area (Å²) in [6, 6.07) is 0. The normalized spacial score (nSPS) is 10.4. The molecule has 0 aliphatic carbocycles. The second-order valence-electron chi connectivity index (χ2n) is 4.17. The Morgan fingerprint density at radius 1 is 1.12 bits per heavy atom. The molecule has 1 heteroatoms. The summed E-state index contributed by atoms with van der Waals surface area (Å²) in [5.74, 6) is 6.24. The van der Waals surface area contributed by atoms with Crippen molar-refractivity contribution >= 4 is 0 Å². The van der Waals surface area contributed by atoms with Crippen molar-refractivity contribution in [3.63, 3.8) is 0 Å². The maximum absolute atomic E-state index is 10.2. The van der Waals surface area contributed by atoms with Gasteiger partial charge in [0.25, 0.3) is 0 Å². The molecule has 0 aliphatic heterocycles. The van der Waals surface area contributed by atoms with Gasteiger partial charge in [0.2, 0.25) is 0 Å². The van der Waals surface area contributed by atoms with Gasteiger partial charge < -0.3 is 5.11 Å². The lowest BCUT2D eigenvalue weighted by molar-refractivity contribution is 0.0358. The molecule has 0 saturated heterocycles. The van der Waals surface area contributed by atoms with Gasteiger partial charge in [0.1, 0.15) is 0 Å². The Labute approximate surface area is 100 Å². The molecule has 0 saturated carbocycles. The van der Waals surface area contributed by atoms with Crippen molar-refractivity contribution in [1.29, 1.82) is 0 Å². The molecule has 0 atom stereocenters. The molecule has 0 heterocycles. The van der Waals surface area contributed by atoms with Crippen LogP contribution in [0.3, 0.4) is 0 Å². The van der Waals surface area contributed by atoms with Crippen LogP contribution < -0.4 is 0 Å². The number of hydrogen-bond acceptors (Lipinski definition) is 1. The Morgan fingerprint density at radius 3 is 2.19 bits per heavy atom. The summed E-state index contributed by atoms with van der Waals surface area (Å²) in [6.45, 7) is 9.48. The summed E-state index contributed by atoms with van der Waals surface area (Å²) in [7, 11) is 0. The molecule has 0 fully saturated rings. The van der Waals surface area contributed by atoms with Crippen LogP contribution >= 0.6 is 0 Å². The van der Waals surface area contributed by atoms with Crippen molar-refractivity contribution in [2.24, 2.45) is 0 Å². The first kappa shape index (κ1) is 15.0. The zero-order valence-electron chi connectivity index (χ0n) is 10.5. The van der Waals surface area contributed by atoms with Gasteiger partial charge in [-0.25, -0.2) is 0 Å². The molecule has 0 aromatic heterocycles. The third-order valence-corrected chi connectivity index (χ3v) is 2.49. The van der Waals surface area contributed by atoms with Gasteiger partial charge in [-0.3, -0.25) is 0 Å². The molecule has 0 spiro atoms. The van der Waals surface area contributed by atoms with Crippen LogP contribution in [0.25, 0.3) is 0 Å². The minimum atomic E-state index is -0.657. The summed E-state index contributed by atoms with van der Waals surface area (Å²) < 4.78 is 0. The van der Waals surface area contributed by atoms with Crippen LogP contribution in [-0.4, -0.2) is 10.7 Å². The molecule has 0 rings (SSSR count). The average molecular weight is 220 g/mol. The Morgan fingerprint density at radius 2 is 1.69 bits per heavy atom. The first-order chi connectivity index (χ1) is 7.68. The van der Waals surface area contributed by atoms with Crippen molar-refractivity contribution in [2.75, 3.05) is 0 Å². The fraction of sp³-hybridized carbons (Fsp3) is 0.600. The van der Waals surface area contributed by atoms with Gasteiger partial charge in [-0.15, -0.1) is 25.0 Å². The van der Waals surface area contributed by atoms with Crippen molar-refractivity contribution in [1.82, 2.24) is 0 Å². The second kappa shape index (κ2) is 9.24. The summed E-state index contributed by atoms with van der Waals surface area (Å²) >= 11 is 0. The molecular formula is C15H24O. The summed E-state index contributed by atoms with van der Waals surface area (Å²) in [4.78, 5) is 0. The lowest BCUT2D eigenvalue weighted by Gasteiger charge is -2.25. The smallest absolute Gasteiger partial charge is 0.0716 e. The van der Waals surface area contributed by atoms with Gasteiger partial charge in [0, 0.05) is 12.8 Å². The van der Waals surface area contributed by atoms with Gasteiger partial charge in [-0.05, 0) is 32.1 Å². The van der Waals surface area contributed by atoms with E-state index in [0.717, 1.165) is 32.1 Å². The lowest BCUT2D eigenvalue weighted by Crippen LogP contribution is -2.26. The molecule has 0 aromatic carbocycles. The van der Waals surface area contributed by atoms with E-state index >= 15 is 0 Å². The van der Waals surface area contributed by atoms with E-state index in [4.69, 9.17) is 0 Å². The van der Waals surface area contributed by atoms with Gasteiger partial charge in [0.05, 0.1) is 5.60 Å². The van der Waals surface area contributed by atoms with Crippen LogP contribution in [0, 0.1) is 11.8 Å². The zero-order valence-corrected chi connectivity index (χ0v) is 10.5. The number of hydrogen-bond donors (Lipinski definition) is 1. The first-order valence-corrected chi connectivity index (χ1v) is 6.08. The SMILES string of the molecule is C=CCC(O)(CC=C)CCCC#CCCC. The monoisotopic (exact) mass is 220 g/mol. The molecule has 0 unspecified atom stereocenters. The minimum absolute atomic E-state index is 0.626. The topological polar surface area (TPSA) is 20.2 Å². The second-order valence-corrected chi connectivity index (χ2v) is 4.17. The highest BCUT2D eigenvalue weighted by Crippen LogP contribution is 2.23. The number of unbranched alkanes of at least 4 members (excludes halogenated alkanes) is 2. The largest absolute Gasteiger partial charge is 0.389 e. The van der Waals surface area contributed by atoms with E-state index in [9.17, 15) is 5.11 Å². The van der Waals surface area contributed by atoms with E-state index in [1.54, 1.807) is 12.2 Å². The van der Waals surface area contributed by atoms with E-state index in [0.29, 0.717) is 12.8 Å². The fourth-order valence-corrected chi connectivity index (χ4v) is 1.63. The van der Waals surface area contributed by atoms with Gasteiger partial charge >= 0.3 is 0 Å². The van der Waals surface area contributed by atoms with Crippen LogP contribution in [0.4, 0.5) is 0 Å². The average Bonchev–Trinajstić information content (AvgIpc) is 2.24. The molecule has 1 N–H and O–H groups in total. The highest BCUT2D eigenvalue weighted by atomic mass is 16.3. The highest BCUT2D eigenvalue weighted by molar-refractivity contribution is 4.99. The lowest BCUT2D eigenvalue weighted by atomic mass is 9.89. The first-order valence-electron chi connectivity index (χ1n) is 6.08. The maximum atomic E-state index is 10.2.